The van der Waals surface area contributed by atoms with Gasteiger partial charge in [-0.1, -0.05) is 26.0 Å². The molecule has 1 rings (SSSR count). The van der Waals surface area contributed by atoms with Crippen LogP contribution in [0.25, 0.3) is 0 Å². The van der Waals surface area contributed by atoms with Gasteiger partial charge in [0, 0.05) is 12.5 Å². The number of hydrogen-bond acceptors (Lipinski definition) is 1. The van der Waals surface area contributed by atoms with Gasteiger partial charge >= 0.3 is 0 Å². The maximum absolute atomic E-state index is 5.21. The van der Waals surface area contributed by atoms with E-state index < -0.39 is 0 Å². The predicted molar refractivity (Wildman–Crippen MR) is 38.3 cm³/mol. The molecule has 1 nitrogen and oxygen atoms in total. The molecule has 1 heteroatoms. The molecule has 0 aromatic heterocycles. The highest BCUT2D eigenvalue weighted by molar-refractivity contribution is 5.22. The minimum atomic E-state index is 0.231. The number of rotatable bonds is 1. The lowest BCUT2D eigenvalue weighted by molar-refractivity contribution is -0.0207. The minimum Gasteiger partial charge on any atom is -0.380 e. The molecular weight excluding hydrogens is 112 g/mol. The zero-order chi connectivity index (χ0) is 7.07. The smallest absolute Gasteiger partial charge is 0.0696 e. The summed E-state index contributed by atoms with van der Waals surface area (Å²) in [7, 11) is 1.76. The van der Waals surface area contributed by atoms with Crippen LogP contribution in [-0.2, 0) is 4.74 Å². The maximum Gasteiger partial charge on any atom is 0.0696 e. The molecule has 0 heterocycles. The zero-order valence-corrected chi connectivity index (χ0v) is 6.40. The summed E-state index contributed by atoms with van der Waals surface area (Å²) in [6.07, 6.45) is 1.45. The summed E-state index contributed by atoms with van der Waals surface area (Å²) in [5, 5.41) is 0. The monoisotopic (exact) mass is 126 g/mol. The molecule has 0 amide bonds. The third kappa shape index (κ3) is 0.799. The van der Waals surface area contributed by atoms with Crippen molar-refractivity contribution in [3.8, 4) is 0 Å². The van der Waals surface area contributed by atoms with Crippen LogP contribution in [0.1, 0.15) is 20.3 Å². The molecule has 9 heavy (non-hydrogen) atoms. The summed E-state index contributed by atoms with van der Waals surface area (Å²) in [6.45, 7) is 8.28. The Morgan fingerprint density at radius 1 is 1.67 bits per heavy atom. The Labute approximate surface area is 56.7 Å². The molecule has 1 fully saturated rings. The van der Waals surface area contributed by atoms with E-state index in [1.807, 2.05) is 0 Å². The van der Waals surface area contributed by atoms with Gasteiger partial charge in [0.2, 0.25) is 0 Å². The Bertz CT molecular complexity index is 136. The fourth-order valence-electron chi connectivity index (χ4n) is 1.22. The average molecular weight is 126 g/mol. The molecule has 0 aliphatic heterocycles. The van der Waals surface area contributed by atoms with Crippen LogP contribution in [0.3, 0.4) is 0 Å². The standard InChI is InChI=1S/C8H14O/c1-6-5-7(9-4)8(6,2)3/h7H,1,5H2,2-4H3. The van der Waals surface area contributed by atoms with Crippen molar-refractivity contribution >= 4 is 0 Å². The first-order valence-electron chi connectivity index (χ1n) is 3.30. The number of hydrogen-bond donors (Lipinski definition) is 0. The molecule has 0 bridgehead atoms. The summed E-state index contributed by atoms with van der Waals surface area (Å²) < 4.78 is 5.21. The quantitative estimate of drug-likeness (QED) is 0.488. The van der Waals surface area contributed by atoms with Crippen molar-refractivity contribution in [3.63, 3.8) is 0 Å². The molecular formula is C8H14O. The summed E-state index contributed by atoms with van der Waals surface area (Å²) in [4.78, 5) is 0. The van der Waals surface area contributed by atoms with Crippen LogP contribution in [0.15, 0.2) is 12.2 Å². The molecule has 0 aromatic carbocycles. The van der Waals surface area contributed by atoms with Crippen LogP contribution in [0, 0.1) is 5.41 Å². The molecule has 0 spiro atoms. The highest BCUT2D eigenvalue weighted by atomic mass is 16.5. The second-order valence-electron chi connectivity index (χ2n) is 3.25. The van der Waals surface area contributed by atoms with Crippen LogP contribution >= 0.6 is 0 Å². The first kappa shape index (κ1) is 6.81. The van der Waals surface area contributed by atoms with Crippen molar-refractivity contribution in [2.24, 2.45) is 5.41 Å². The van der Waals surface area contributed by atoms with Crippen LogP contribution in [0.2, 0.25) is 0 Å². The van der Waals surface area contributed by atoms with Crippen molar-refractivity contribution in [1.29, 1.82) is 0 Å². The van der Waals surface area contributed by atoms with E-state index in [1.54, 1.807) is 7.11 Å². The molecule has 1 aliphatic rings. The van der Waals surface area contributed by atoms with Crippen LogP contribution < -0.4 is 0 Å². The van der Waals surface area contributed by atoms with Gasteiger partial charge in [-0.25, -0.2) is 0 Å². The van der Waals surface area contributed by atoms with Gasteiger partial charge < -0.3 is 4.74 Å². The van der Waals surface area contributed by atoms with Crippen molar-refractivity contribution in [1.82, 2.24) is 0 Å². The lowest BCUT2D eigenvalue weighted by atomic mass is 9.65. The van der Waals surface area contributed by atoms with Crippen molar-refractivity contribution in [3.05, 3.63) is 12.2 Å². The first-order chi connectivity index (χ1) is 4.09. The molecule has 1 aliphatic carbocycles. The molecule has 1 atom stereocenters. The molecule has 52 valence electrons. The Morgan fingerprint density at radius 3 is 2.33 bits per heavy atom. The average Bonchev–Trinajstić information content (AvgIpc) is 1.82. The largest absolute Gasteiger partial charge is 0.380 e. The van der Waals surface area contributed by atoms with Gasteiger partial charge in [-0.3, -0.25) is 0 Å². The number of methoxy groups -OCH3 is 1. The number of ether oxygens (including phenoxy) is 1. The van der Waals surface area contributed by atoms with E-state index >= 15 is 0 Å². The summed E-state index contributed by atoms with van der Waals surface area (Å²) in [5.41, 5.74) is 1.55. The van der Waals surface area contributed by atoms with Crippen LogP contribution in [-0.4, -0.2) is 13.2 Å². The third-order valence-corrected chi connectivity index (χ3v) is 2.43. The van der Waals surface area contributed by atoms with Gasteiger partial charge in [0.25, 0.3) is 0 Å². The molecule has 0 aromatic rings. The van der Waals surface area contributed by atoms with Gasteiger partial charge in [-0.15, -0.1) is 0 Å². The lowest BCUT2D eigenvalue weighted by Crippen LogP contribution is -2.43. The topological polar surface area (TPSA) is 9.23 Å². The van der Waals surface area contributed by atoms with Gasteiger partial charge in [0.15, 0.2) is 0 Å². The summed E-state index contributed by atoms with van der Waals surface area (Å²) in [6, 6.07) is 0. The Kier molecular flexibility index (Phi) is 1.39. The first-order valence-corrected chi connectivity index (χ1v) is 3.30. The highest BCUT2D eigenvalue weighted by Gasteiger charge is 2.42. The molecule has 0 N–H and O–H groups in total. The van der Waals surface area contributed by atoms with Crippen molar-refractivity contribution in [2.75, 3.05) is 7.11 Å². The van der Waals surface area contributed by atoms with Gasteiger partial charge in [-0.05, 0) is 6.42 Å². The van der Waals surface area contributed by atoms with Crippen molar-refractivity contribution < 1.29 is 4.74 Å². The van der Waals surface area contributed by atoms with E-state index in [2.05, 4.69) is 20.4 Å². The zero-order valence-electron chi connectivity index (χ0n) is 6.40. The fraction of sp³-hybridized carbons (Fsp3) is 0.750. The Balaban J connectivity index is 2.58. The van der Waals surface area contributed by atoms with Gasteiger partial charge in [0.1, 0.15) is 0 Å². The summed E-state index contributed by atoms with van der Waals surface area (Å²) >= 11 is 0. The van der Waals surface area contributed by atoms with E-state index in [1.165, 1.54) is 5.57 Å². The minimum absolute atomic E-state index is 0.231. The van der Waals surface area contributed by atoms with Crippen LogP contribution in [0.5, 0.6) is 0 Å². The van der Waals surface area contributed by atoms with E-state index in [4.69, 9.17) is 4.74 Å². The van der Waals surface area contributed by atoms with Crippen LogP contribution in [0.4, 0.5) is 0 Å². The normalized spacial score (nSPS) is 31.9. The third-order valence-electron chi connectivity index (χ3n) is 2.43. The van der Waals surface area contributed by atoms with Gasteiger partial charge in [0.05, 0.1) is 6.10 Å². The molecule has 1 unspecified atom stereocenters. The van der Waals surface area contributed by atoms with E-state index in [0.717, 1.165) is 6.42 Å². The van der Waals surface area contributed by atoms with E-state index in [0.29, 0.717) is 6.10 Å². The predicted octanol–water partition coefficient (Wildman–Crippen LogP) is 1.99. The lowest BCUT2D eigenvalue weighted by Gasteiger charge is -2.45. The van der Waals surface area contributed by atoms with E-state index in [9.17, 15) is 0 Å². The maximum atomic E-state index is 5.21. The van der Waals surface area contributed by atoms with Crippen molar-refractivity contribution in [2.45, 2.75) is 26.4 Å². The fourth-order valence-corrected chi connectivity index (χ4v) is 1.22. The molecule has 1 saturated carbocycles. The molecule has 0 radical (unpaired) electrons. The van der Waals surface area contributed by atoms with Gasteiger partial charge in [-0.2, -0.15) is 0 Å². The molecule has 0 saturated heterocycles. The highest BCUT2D eigenvalue weighted by Crippen LogP contribution is 2.45. The second kappa shape index (κ2) is 1.84. The Hall–Kier alpha value is -0.300. The Morgan fingerprint density at radius 2 is 2.22 bits per heavy atom. The SMILES string of the molecule is C=C1CC(OC)C1(C)C. The van der Waals surface area contributed by atoms with E-state index in [-0.39, 0.29) is 5.41 Å². The second-order valence-corrected chi connectivity index (χ2v) is 3.25. The summed E-state index contributed by atoms with van der Waals surface area (Å²) in [5.74, 6) is 0.